The molecule has 0 aliphatic carbocycles. The lowest BCUT2D eigenvalue weighted by molar-refractivity contribution is 0.780. The second-order valence-corrected chi connectivity index (χ2v) is 4.90. The van der Waals surface area contributed by atoms with E-state index >= 15 is 0 Å². The van der Waals surface area contributed by atoms with Crippen LogP contribution in [0.25, 0.3) is 0 Å². The van der Waals surface area contributed by atoms with Crippen molar-refractivity contribution in [2.45, 2.75) is 13.1 Å². The summed E-state index contributed by atoms with van der Waals surface area (Å²) in [7, 11) is 0. The van der Waals surface area contributed by atoms with Crippen molar-refractivity contribution >= 4 is 5.69 Å². The molecule has 3 rings (SSSR count). The van der Waals surface area contributed by atoms with Gasteiger partial charge in [0.15, 0.2) is 0 Å². The van der Waals surface area contributed by atoms with Crippen LogP contribution in [0.5, 0.6) is 0 Å². The molecule has 0 aliphatic rings. The standard InChI is InChI=1S/C17H18N4/c1-2-7-17(8-3-1)20-19-12-15-5-4-6-16(11-15)13-21-10-9-18-14-21/h1-11,14,19-20H,12-13H2. The molecular weight excluding hydrogens is 260 g/mol. The molecule has 4 nitrogen and oxygen atoms in total. The Labute approximate surface area is 124 Å². The molecule has 0 amide bonds. The van der Waals surface area contributed by atoms with Crippen molar-refractivity contribution < 1.29 is 0 Å². The van der Waals surface area contributed by atoms with Crippen molar-refractivity contribution in [1.82, 2.24) is 15.0 Å². The van der Waals surface area contributed by atoms with Crippen molar-refractivity contribution in [1.29, 1.82) is 0 Å². The van der Waals surface area contributed by atoms with Gasteiger partial charge in [-0.2, -0.15) is 0 Å². The number of rotatable bonds is 6. The maximum absolute atomic E-state index is 4.06. The Morgan fingerprint density at radius 3 is 2.62 bits per heavy atom. The molecule has 0 unspecified atom stereocenters. The highest BCUT2D eigenvalue weighted by atomic mass is 15.3. The zero-order chi connectivity index (χ0) is 14.3. The van der Waals surface area contributed by atoms with Gasteiger partial charge in [0.2, 0.25) is 0 Å². The van der Waals surface area contributed by atoms with Gasteiger partial charge in [-0.1, -0.05) is 42.5 Å². The molecular formula is C17H18N4. The molecule has 3 aromatic rings. The van der Waals surface area contributed by atoms with Gasteiger partial charge in [-0.25, -0.2) is 10.4 Å². The Kier molecular flexibility index (Phi) is 4.29. The van der Waals surface area contributed by atoms with Gasteiger partial charge < -0.3 is 9.99 Å². The third kappa shape index (κ3) is 3.94. The fourth-order valence-electron chi connectivity index (χ4n) is 2.20. The fourth-order valence-corrected chi connectivity index (χ4v) is 2.20. The van der Waals surface area contributed by atoms with Crippen molar-refractivity contribution in [2.75, 3.05) is 5.43 Å². The van der Waals surface area contributed by atoms with Crippen LogP contribution in [0.1, 0.15) is 11.1 Å². The molecule has 0 aliphatic heterocycles. The van der Waals surface area contributed by atoms with Gasteiger partial charge in [0.25, 0.3) is 0 Å². The maximum Gasteiger partial charge on any atom is 0.0949 e. The zero-order valence-corrected chi connectivity index (χ0v) is 11.7. The van der Waals surface area contributed by atoms with Crippen molar-refractivity contribution in [3.05, 3.63) is 84.4 Å². The van der Waals surface area contributed by atoms with Crippen LogP contribution >= 0.6 is 0 Å². The van der Waals surface area contributed by atoms with Crippen LogP contribution in [0.2, 0.25) is 0 Å². The highest BCUT2D eigenvalue weighted by Gasteiger charge is 1.98. The number of aromatic nitrogens is 2. The molecule has 0 fully saturated rings. The van der Waals surface area contributed by atoms with Gasteiger partial charge in [0, 0.05) is 31.2 Å². The van der Waals surface area contributed by atoms with Crippen molar-refractivity contribution in [2.24, 2.45) is 0 Å². The second-order valence-electron chi connectivity index (χ2n) is 4.90. The number of hydrogen-bond acceptors (Lipinski definition) is 3. The van der Waals surface area contributed by atoms with Crippen molar-refractivity contribution in [3.63, 3.8) is 0 Å². The van der Waals surface area contributed by atoms with E-state index in [1.807, 2.05) is 42.9 Å². The molecule has 0 radical (unpaired) electrons. The van der Waals surface area contributed by atoms with Gasteiger partial charge in [-0.3, -0.25) is 0 Å². The summed E-state index contributed by atoms with van der Waals surface area (Å²) < 4.78 is 2.06. The second kappa shape index (κ2) is 6.72. The summed E-state index contributed by atoms with van der Waals surface area (Å²) in [6.45, 7) is 1.62. The van der Waals surface area contributed by atoms with Gasteiger partial charge >= 0.3 is 0 Å². The molecule has 1 heterocycles. The molecule has 1 aromatic heterocycles. The van der Waals surface area contributed by atoms with E-state index in [9.17, 15) is 0 Å². The SMILES string of the molecule is c1ccc(NNCc2cccc(Cn3ccnc3)c2)cc1. The van der Waals surface area contributed by atoms with E-state index in [1.54, 1.807) is 6.20 Å². The predicted molar refractivity (Wildman–Crippen MR) is 84.7 cm³/mol. The summed E-state index contributed by atoms with van der Waals surface area (Å²) in [6.07, 6.45) is 5.61. The number of hydrazine groups is 1. The first kappa shape index (κ1) is 13.4. The number of benzene rings is 2. The molecule has 0 saturated heterocycles. The number of imidazole rings is 1. The first-order valence-corrected chi connectivity index (χ1v) is 6.98. The Bertz CT molecular complexity index is 662. The largest absolute Gasteiger partial charge is 0.333 e. The molecule has 2 N–H and O–H groups in total. The molecule has 0 bridgehead atoms. The number of anilines is 1. The van der Waals surface area contributed by atoms with E-state index in [-0.39, 0.29) is 0 Å². The van der Waals surface area contributed by atoms with Crippen LogP contribution in [-0.4, -0.2) is 9.55 Å². The smallest absolute Gasteiger partial charge is 0.0949 e. The summed E-state index contributed by atoms with van der Waals surface area (Å²) in [5, 5.41) is 0. The topological polar surface area (TPSA) is 41.9 Å². The van der Waals surface area contributed by atoms with Crippen LogP contribution in [0, 0.1) is 0 Å². The third-order valence-electron chi connectivity index (χ3n) is 3.21. The van der Waals surface area contributed by atoms with Crippen LogP contribution in [-0.2, 0) is 13.1 Å². The number of nitrogens with zero attached hydrogens (tertiary/aromatic N) is 2. The number of para-hydroxylation sites is 1. The van der Waals surface area contributed by atoms with Gasteiger partial charge in [-0.15, -0.1) is 0 Å². The molecule has 2 aromatic carbocycles. The Morgan fingerprint density at radius 1 is 0.952 bits per heavy atom. The van der Waals surface area contributed by atoms with Crippen molar-refractivity contribution in [3.8, 4) is 0 Å². The quantitative estimate of drug-likeness (QED) is 0.681. The van der Waals surface area contributed by atoms with E-state index in [2.05, 4.69) is 44.7 Å². The predicted octanol–water partition coefficient (Wildman–Crippen LogP) is 3.05. The van der Waals surface area contributed by atoms with Gasteiger partial charge in [0.05, 0.1) is 6.33 Å². The van der Waals surface area contributed by atoms with Gasteiger partial charge in [0.1, 0.15) is 0 Å². The minimum Gasteiger partial charge on any atom is -0.333 e. The molecule has 0 atom stereocenters. The Morgan fingerprint density at radius 2 is 1.81 bits per heavy atom. The fraction of sp³-hybridized carbons (Fsp3) is 0.118. The summed E-state index contributed by atoms with van der Waals surface area (Å²) >= 11 is 0. The normalized spacial score (nSPS) is 10.5. The van der Waals surface area contributed by atoms with Crippen LogP contribution in [0.15, 0.2) is 73.3 Å². The third-order valence-corrected chi connectivity index (χ3v) is 3.21. The first-order valence-electron chi connectivity index (χ1n) is 6.98. The maximum atomic E-state index is 4.06. The highest BCUT2D eigenvalue weighted by molar-refractivity contribution is 5.41. The van der Waals surface area contributed by atoms with Crippen LogP contribution in [0.3, 0.4) is 0 Å². The zero-order valence-electron chi connectivity index (χ0n) is 11.7. The van der Waals surface area contributed by atoms with Crippen LogP contribution in [0.4, 0.5) is 5.69 Å². The van der Waals surface area contributed by atoms with E-state index in [0.717, 1.165) is 18.8 Å². The lowest BCUT2D eigenvalue weighted by Gasteiger charge is -2.10. The lowest BCUT2D eigenvalue weighted by Crippen LogP contribution is -2.20. The molecule has 4 heteroatoms. The minimum atomic E-state index is 0.770. The molecule has 0 spiro atoms. The Hall–Kier alpha value is -2.59. The van der Waals surface area contributed by atoms with Crippen LogP contribution < -0.4 is 10.9 Å². The highest BCUT2D eigenvalue weighted by Crippen LogP contribution is 2.08. The molecule has 0 saturated carbocycles. The number of hydrogen-bond donors (Lipinski definition) is 2. The van der Waals surface area contributed by atoms with E-state index in [0.29, 0.717) is 0 Å². The molecule has 106 valence electrons. The summed E-state index contributed by atoms with van der Waals surface area (Å²) in [6, 6.07) is 18.6. The summed E-state index contributed by atoms with van der Waals surface area (Å²) in [5.74, 6) is 0. The average Bonchev–Trinajstić information content (AvgIpc) is 3.02. The monoisotopic (exact) mass is 278 g/mol. The molecule has 21 heavy (non-hydrogen) atoms. The number of nitrogens with one attached hydrogen (secondary N) is 2. The Balaban J connectivity index is 1.56. The summed E-state index contributed by atoms with van der Waals surface area (Å²) in [4.78, 5) is 4.06. The minimum absolute atomic E-state index is 0.770. The summed E-state index contributed by atoms with van der Waals surface area (Å²) in [5.41, 5.74) is 10.0. The average molecular weight is 278 g/mol. The lowest BCUT2D eigenvalue weighted by atomic mass is 10.1. The first-order chi connectivity index (χ1) is 10.4. The van der Waals surface area contributed by atoms with E-state index in [4.69, 9.17) is 0 Å². The van der Waals surface area contributed by atoms with E-state index in [1.165, 1.54) is 11.1 Å². The van der Waals surface area contributed by atoms with E-state index < -0.39 is 0 Å². The van der Waals surface area contributed by atoms with Gasteiger partial charge in [-0.05, 0) is 23.3 Å².